The van der Waals surface area contributed by atoms with Gasteiger partial charge in [-0.05, 0) is 61.8 Å². The standard InChI is InChI=1S/C12H20N2O2/c13-6-12-3-7-1-8(4-12)10(14-11(15)16)9(2-7)5-12/h7-10,14H,1-6,13H2,(H,15,16)/t7?,8-,9+,10+,12-. The molecule has 16 heavy (non-hydrogen) atoms. The minimum Gasteiger partial charge on any atom is -0.465 e. The smallest absolute Gasteiger partial charge is 0.404 e. The van der Waals surface area contributed by atoms with E-state index in [0.29, 0.717) is 17.3 Å². The Kier molecular flexibility index (Phi) is 2.18. The molecule has 4 nitrogen and oxygen atoms in total. The summed E-state index contributed by atoms with van der Waals surface area (Å²) < 4.78 is 0. The van der Waals surface area contributed by atoms with Crippen molar-refractivity contribution in [3.8, 4) is 0 Å². The Balaban J connectivity index is 1.81. The van der Waals surface area contributed by atoms with Gasteiger partial charge in [0, 0.05) is 6.04 Å². The quantitative estimate of drug-likeness (QED) is 0.663. The fourth-order valence-electron chi connectivity index (χ4n) is 4.82. The zero-order chi connectivity index (χ0) is 11.3. The highest BCUT2D eigenvalue weighted by molar-refractivity contribution is 5.65. The molecule has 0 aliphatic heterocycles. The van der Waals surface area contributed by atoms with Gasteiger partial charge in [0.2, 0.25) is 0 Å². The number of nitrogens with one attached hydrogen (secondary N) is 1. The van der Waals surface area contributed by atoms with Crippen molar-refractivity contribution in [3.63, 3.8) is 0 Å². The molecular weight excluding hydrogens is 204 g/mol. The highest BCUT2D eigenvalue weighted by Gasteiger charge is 2.54. The molecule has 4 rings (SSSR count). The SMILES string of the molecule is NC[C@]12CC3C[C@H](C1)[C@H](NC(=O)O)[C@@H](C3)C2. The van der Waals surface area contributed by atoms with Gasteiger partial charge in [-0.1, -0.05) is 0 Å². The molecule has 90 valence electrons. The minimum atomic E-state index is -0.862. The Morgan fingerprint density at radius 3 is 2.44 bits per heavy atom. The van der Waals surface area contributed by atoms with Gasteiger partial charge in [0.25, 0.3) is 0 Å². The first-order valence-corrected chi connectivity index (χ1v) is 6.31. The second kappa shape index (κ2) is 3.36. The maximum atomic E-state index is 10.8. The molecule has 4 fully saturated rings. The summed E-state index contributed by atoms with van der Waals surface area (Å²) in [5.41, 5.74) is 6.29. The average molecular weight is 224 g/mol. The topological polar surface area (TPSA) is 75.3 Å². The Hall–Kier alpha value is -0.770. The summed E-state index contributed by atoms with van der Waals surface area (Å²) in [6.07, 6.45) is 5.13. The van der Waals surface area contributed by atoms with Gasteiger partial charge in [0.1, 0.15) is 0 Å². The molecule has 5 atom stereocenters. The number of hydrogen-bond donors (Lipinski definition) is 3. The van der Waals surface area contributed by atoms with E-state index in [0.717, 1.165) is 25.3 Å². The number of hydrogen-bond acceptors (Lipinski definition) is 2. The lowest BCUT2D eigenvalue weighted by Gasteiger charge is -2.59. The van der Waals surface area contributed by atoms with Gasteiger partial charge < -0.3 is 16.2 Å². The third-order valence-corrected chi connectivity index (χ3v) is 5.12. The van der Waals surface area contributed by atoms with Gasteiger partial charge in [0.15, 0.2) is 0 Å². The molecule has 4 bridgehead atoms. The van der Waals surface area contributed by atoms with E-state index in [1.807, 2.05) is 0 Å². The Labute approximate surface area is 95.6 Å². The molecule has 0 radical (unpaired) electrons. The zero-order valence-electron chi connectivity index (χ0n) is 9.48. The van der Waals surface area contributed by atoms with Crippen LogP contribution < -0.4 is 11.1 Å². The first-order valence-electron chi connectivity index (χ1n) is 6.31. The van der Waals surface area contributed by atoms with E-state index in [-0.39, 0.29) is 6.04 Å². The molecular formula is C12H20N2O2. The van der Waals surface area contributed by atoms with Crippen LogP contribution in [-0.4, -0.2) is 23.8 Å². The number of amides is 1. The average Bonchev–Trinajstić information content (AvgIpc) is 2.22. The van der Waals surface area contributed by atoms with E-state index in [4.69, 9.17) is 10.8 Å². The maximum Gasteiger partial charge on any atom is 0.404 e. The first-order chi connectivity index (χ1) is 7.62. The molecule has 0 spiro atoms. The van der Waals surface area contributed by atoms with Crippen LogP contribution in [0, 0.1) is 23.2 Å². The van der Waals surface area contributed by atoms with Crippen LogP contribution in [0.5, 0.6) is 0 Å². The minimum absolute atomic E-state index is 0.203. The number of nitrogens with two attached hydrogens (primary N) is 1. The van der Waals surface area contributed by atoms with E-state index in [1.165, 1.54) is 19.3 Å². The number of carbonyl (C=O) groups is 1. The lowest BCUT2D eigenvalue weighted by molar-refractivity contribution is -0.0693. The van der Waals surface area contributed by atoms with E-state index in [1.54, 1.807) is 0 Å². The normalized spacial score (nSPS) is 49.3. The van der Waals surface area contributed by atoms with Crippen LogP contribution in [0.1, 0.15) is 32.1 Å². The Bertz CT molecular complexity index is 302. The molecule has 0 saturated heterocycles. The monoisotopic (exact) mass is 224 g/mol. The predicted octanol–water partition coefficient (Wildman–Crippen LogP) is 1.41. The zero-order valence-corrected chi connectivity index (χ0v) is 9.48. The van der Waals surface area contributed by atoms with E-state index in [9.17, 15) is 4.79 Å². The molecule has 0 aromatic heterocycles. The van der Waals surface area contributed by atoms with Crippen LogP contribution >= 0.6 is 0 Å². The molecule has 0 aromatic carbocycles. The van der Waals surface area contributed by atoms with Crippen molar-refractivity contribution >= 4 is 6.09 Å². The van der Waals surface area contributed by atoms with Crippen molar-refractivity contribution in [2.24, 2.45) is 28.9 Å². The van der Waals surface area contributed by atoms with Gasteiger partial charge >= 0.3 is 6.09 Å². The lowest BCUT2D eigenvalue weighted by atomic mass is 9.48. The van der Waals surface area contributed by atoms with Gasteiger partial charge in [-0.3, -0.25) is 0 Å². The van der Waals surface area contributed by atoms with Gasteiger partial charge in [-0.25, -0.2) is 4.79 Å². The summed E-state index contributed by atoms with van der Waals surface area (Å²) in [4.78, 5) is 10.8. The maximum absolute atomic E-state index is 10.8. The summed E-state index contributed by atoms with van der Waals surface area (Å²) in [6, 6.07) is 0.203. The molecule has 1 unspecified atom stereocenters. The predicted molar refractivity (Wildman–Crippen MR) is 60.0 cm³/mol. The van der Waals surface area contributed by atoms with Crippen LogP contribution in [0.25, 0.3) is 0 Å². The van der Waals surface area contributed by atoms with Crippen LogP contribution in [0.4, 0.5) is 4.79 Å². The molecule has 1 amide bonds. The Morgan fingerprint density at radius 1 is 1.31 bits per heavy atom. The molecule has 4 aliphatic carbocycles. The van der Waals surface area contributed by atoms with E-state index < -0.39 is 6.09 Å². The van der Waals surface area contributed by atoms with Crippen LogP contribution in [-0.2, 0) is 0 Å². The van der Waals surface area contributed by atoms with Crippen molar-refractivity contribution in [3.05, 3.63) is 0 Å². The summed E-state index contributed by atoms with van der Waals surface area (Å²) in [7, 11) is 0. The second-order valence-corrected chi connectivity index (χ2v) is 6.15. The highest BCUT2D eigenvalue weighted by atomic mass is 16.4. The highest BCUT2D eigenvalue weighted by Crippen LogP contribution is 2.59. The van der Waals surface area contributed by atoms with Crippen molar-refractivity contribution in [1.82, 2.24) is 5.32 Å². The summed E-state index contributed by atoms with van der Waals surface area (Å²) in [5, 5.41) is 11.6. The van der Waals surface area contributed by atoms with Crippen LogP contribution in [0.15, 0.2) is 0 Å². The molecule has 4 heteroatoms. The molecule has 0 heterocycles. The summed E-state index contributed by atoms with van der Waals surface area (Å²) in [6.45, 7) is 0.788. The molecule has 0 aromatic rings. The van der Waals surface area contributed by atoms with Gasteiger partial charge in [-0.15, -0.1) is 0 Å². The number of carboxylic acid groups (broad SMARTS) is 1. The van der Waals surface area contributed by atoms with Crippen molar-refractivity contribution < 1.29 is 9.90 Å². The second-order valence-electron chi connectivity index (χ2n) is 6.15. The van der Waals surface area contributed by atoms with Crippen molar-refractivity contribution in [2.75, 3.05) is 6.54 Å². The third-order valence-electron chi connectivity index (χ3n) is 5.12. The van der Waals surface area contributed by atoms with Crippen LogP contribution in [0.2, 0.25) is 0 Å². The summed E-state index contributed by atoms with van der Waals surface area (Å²) >= 11 is 0. The van der Waals surface area contributed by atoms with Crippen molar-refractivity contribution in [1.29, 1.82) is 0 Å². The largest absolute Gasteiger partial charge is 0.465 e. The lowest BCUT2D eigenvalue weighted by Crippen LogP contribution is -2.60. The fourth-order valence-corrected chi connectivity index (χ4v) is 4.82. The van der Waals surface area contributed by atoms with E-state index in [2.05, 4.69) is 5.32 Å². The molecule has 4 saturated carbocycles. The third kappa shape index (κ3) is 1.43. The summed E-state index contributed by atoms with van der Waals surface area (Å²) in [5.74, 6) is 1.91. The number of rotatable bonds is 2. The molecule has 4 aliphatic rings. The molecule has 4 N–H and O–H groups in total. The van der Waals surface area contributed by atoms with Crippen molar-refractivity contribution in [2.45, 2.75) is 38.1 Å². The van der Waals surface area contributed by atoms with Crippen LogP contribution in [0.3, 0.4) is 0 Å². The van der Waals surface area contributed by atoms with E-state index >= 15 is 0 Å². The van der Waals surface area contributed by atoms with Gasteiger partial charge in [0.05, 0.1) is 0 Å². The first kappa shape index (κ1) is 10.4. The Morgan fingerprint density at radius 2 is 1.94 bits per heavy atom. The fraction of sp³-hybridized carbons (Fsp3) is 0.917. The van der Waals surface area contributed by atoms with Gasteiger partial charge in [-0.2, -0.15) is 0 Å².